The minimum atomic E-state index is -4.40. The number of nitrogens with zero attached hydrogens (tertiary/aromatic N) is 1. The van der Waals surface area contributed by atoms with Gasteiger partial charge < -0.3 is 20.1 Å². The van der Waals surface area contributed by atoms with Gasteiger partial charge in [-0.1, -0.05) is 12.1 Å². The maximum atomic E-state index is 12.2. The van der Waals surface area contributed by atoms with Crippen LogP contribution < -0.4 is 10.1 Å². The van der Waals surface area contributed by atoms with Crippen LogP contribution in [0.25, 0.3) is 0 Å². The van der Waals surface area contributed by atoms with Crippen LogP contribution in [0.3, 0.4) is 0 Å². The highest BCUT2D eigenvalue weighted by molar-refractivity contribution is 5.87. The molecular formula is C16H19F3N2O4. The first-order valence-electron chi connectivity index (χ1n) is 7.67. The molecule has 138 valence electrons. The van der Waals surface area contributed by atoms with Crippen molar-refractivity contribution in [3.05, 3.63) is 29.8 Å². The Morgan fingerprint density at radius 1 is 1.32 bits per heavy atom. The number of likely N-dealkylation sites (tertiary alicyclic amines) is 1. The standard InChI is InChI=1S/C16H19F3N2O4/c1-10(22)21-8-12(23)6-14(21)15(24)20-7-11-2-4-13(5-3-11)25-9-16(17,18)19/h2-5,12,14,23H,6-9H2,1H3,(H,20,24)/t12-,14-/m1/s1. The SMILES string of the molecule is CC(=O)N1C[C@H](O)C[C@@H]1C(=O)NCc1ccc(OCC(F)(F)F)cc1. The van der Waals surface area contributed by atoms with Gasteiger partial charge in [-0.05, 0) is 17.7 Å². The summed E-state index contributed by atoms with van der Waals surface area (Å²) in [5.41, 5.74) is 0.667. The molecular weight excluding hydrogens is 341 g/mol. The monoisotopic (exact) mass is 360 g/mol. The highest BCUT2D eigenvalue weighted by atomic mass is 19.4. The lowest BCUT2D eigenvalue weighted by atomic mass is 10.1. The fourth-order valence-corrected chi connectivity index (χ4v) is 2.59. The van der Waals surface area contributed by atoms with Gasteiger partial charge in [0.1, 0.15) is 11.8 Å². The van der Waals surface area contributed by atoms with Crippen LogP contribution in [-0.2, 0) is 16.1 Å². The zero-order chi connectivity index (χ0) is 18.6. The molecule has 1 fully saturated rings. The molecule has 2 rings (SSSR count). The number of benzene rings is 1. The predicted molar refractivity (Wildman–Crippen MR) is 81.6 cm³/mol. The highest BCUT2D eigenvalue weighted by Crippen LogP contribution is 2.20. The first kappa shape index (κ1) is 19.0. The molecule has 2 amide bonds. The molecule has 0 aliphatic carbocycles. The number of aliphatic hydroxyl groups excluding tert-OH is 1. The second kappa shape index (κ2) is 7.73. The minimum absolute atomic E-state index is 0.0778. The molecule has 6 nitrogen and oxygen atoms in total. The van der Waals surface area contributed by atoms with E-state index in [1.165, 1.54) is 36.1 Å². The number of rotatable bonds is 5. The molecule has 9 heteroatoms. The van der Waals surface area contributed by atoms with E-state index in [0.29, 0.717) is 5.56 Å². The first-order valence-corrected chi connectivity index (χ1v) is 7.67. The van der Waals surface area contributed by atoms with E-state index in [4.69, 9.17) is 0 Å². The fourth-order valence-electron chi connectivity index (χ4n) is 2.59. The zero-order valence-corrected chi connectivity index (χ0v) is 13.5. The highest BCUT2D eigenvalue weighted by Gasteiger charge is 2.37. The average molecular weight is 360 g/mol. The largest absolute Gasteiger partial charge is 0.484 e. The van der Waals surface area contributed by atoms with Gasteiger partial charge in [0, 0.05) is 26.4 Å². The second-order valence-electron chi connectivity index (χ2n) is 5.84. The van der Waals surface area contributed by atoms with Gasteiger partial charge in [0.15, 0.2) is 6.61 Å². The van der Waals surface area contributed by atoms with Crippen LogP contribution in [0.4, 0.5) is 13.2 Å². The summed E-state index contributed by atoms with van der Waals surface area (Å²) in [6.07, 6.45) is -4.96. The molecule has 1 aromatic rings. The Hall–Kier alpha value is -2.29. The van der Waals surface area contributed by atoms with Crippen molar-refractivity contribution < 1.29 is 32.6 Å². The molecule has 2 N–H and O–H groups in total. The maximum Gasteiger partial charge on any atom is 0.422 e. The van der Waals surface area contributed by atoms with Crippen LogP contribution in [0.5, 0.6) is 5.75 Å². The minimum Gasteiger partial charge on any atom is -0.484 e. The van der Waals surface area contributed by atoms with Crippen LogP contribution in [0.15, 0.2) is 24.3 Å². The number of nitrogens with one attached hydrogen (secondary N) is 1. The number of β-amino-alcohol motifs (C(OH)–C–C–N with tert-alkyl or cyclic N) is 1. The Morgan fingerprint density at radius 3 is 2.52 bits per heavy atom. The van der Waals surface area contributed by atoms with Crippen LogP contribution >= 0.6 is 0 Å². The third-order valence-electron chi connectivity index (χ3n) is 3.78. The van der Waals surface area contributed by atoms with E-state index >= 15 is 0 Å². The van der Waals surface area contributed by atoms with Gasteiger partial charge in [-0.25, -0.2) is 0 Å². The Kier molecular flexibility index (Phi) is 5.89. The topological polar surface area (TPSA) is 78.9 Å². The van der Waals surface area contributed by atoms with Gasteiger partial charge in [-0.2, -0.15) is 13.2 Å². The Bertz CT molecular complexity index is 619. The smallest absolute Gasteiger partial charge is 0.422 e. The predicted octanol–water partition coefficient (Wildman–Crippen LogP) is 1.23. The maximum absolute atomic E-state index is 12.2. The van der Waals surface area contributed by atoms with Gasteiger partial charge in [-0.3, -0.25) is 9.59 Å². The summed E-state index contributed by atoms with van der Waals surface area (Å²) in [7, 11) is 0. The zero-order valence-electron chi connectivity index (χ0n) is 13.5. The van der Waals surface area contributed by atoms with Crippen molar-refractivity contribution in [3.8, 4) is 5.75 Å². The molecule has 0 aromatic heterocycles. The van der Waals surface area contributed by atoms with Gasteiger partial charge in [0.2, 0.25) is 11.8 Å². The molecule has 0 spiro atoms. The number of hydrogen-bond donors (Lipinski definition) is 2. The third kappa shape index (κ3) is 5.63. The second-order valence-corrected chi connectivity index (χ2v) is 5.84. The third-order valence-corrected chi connectivity index (χ3v) is 3.78. The lowest BCUT2D eigenvalue weighted by Crippen LogP contribution is -2.44. The van der Waals surface area contributed by atoms with Crippen molar-refractivity contribution in [2.24, 2.45) is 0 Å². The summed E-state index contributed by atoms with van der Waals surface area (Å²) in [6, 6.07) is 5.13. The fraction of sp³-hybridized carbons (Fsp3) is 0.500. The van der Waals surface area contributed by atoms with Gasteiger partial charge >= 0.3 is 6.18 Å². The van der Waals surface area contributed by atoms with E-state index in [1.54, 1.807) is 0 Å². The van der Waals surface area contributed by atoms with Gasteiger partial charge in [-0.15, -0.1) is 0 Å². The molecule has 0 saturated carbocycles. The van der Waals surface area contributed by atoms with Crippen molar-refractivity contribution in [1.82, 2.24) is 10.2 Å². The lowest BCUT2D eigenvalue weighted by molar-refractivity contribution is -0.153. The summed E-state index contributed by atoms with van der Waals surface area (Å²) in [6.45, 7) is 0.237. The van der Waals surface area contributed by atoms with Crippen LogP contribution in [-0.4, -0.2) is 53.3 Å². The van der Waals surface area contributed by atoms with Crippen molar-refractivity contribution in [1.29, 1.82) is 0 Å². The number of carbonyl (C=O) groups is 2. The summed E-state index contributed by atoms with van der Waals surface area (Å²) >= 11 is 0. The number of ether oxygens (including phenoxy) is 1. The van der Waals surface area contributed by atoms with Crippen molar-refractivity contribution in [2.45, 2.75) is 38.2 Å². The van der Waals surface area contributed by atoms with E-state index < -0.39 is 24.9 Å². The molecule has 1 heterocycles. The van der Waals surface area contributed by atoms with Crippen molar-refractivity contribution >= 4 is 11.8 Å². The Labute approximate surface area is 142 Å². The Balaban J connectivity index is 1.86. The number of alkyl halides is 3. The molecule has 0 radical (unpaired) electrons. The number of amides is 2. The van der Waals surface area contributed by atoms with E-state index in [-0.39, 0.29) is 37.1 Å². The van der Waals surface area contributed by atoms with E-state index in [1.807, 2.05) is 0 Å². The van der Waals surface area contributed by atoms with Crippen LogP contribution in [0.2, 0.25) is 0 Å². The van der Waals surface area contributed by atoms with Gasteiger partial charge in [0.05, 0.1) is 6.10 Å². The van der Waals surface area contributed by atoms with Crippen molar-refractivity contribution in [3.63, 3.8) is 0 Å². The molecule has 1 aliphatic heterocycles. The number of halogens is 3. The molecule has 0 unspecified atom stereocenters. The van der Waals surface area contributed by atoms with E-state index in [2.05, 4.69) is 10.1 Å². The number of aliphatic hydroxyl groups is 1. The van der Waals surface area contributed by atoms with Gasteiger partial charge in [0.25, 0.3) is 0 Å². The molecule has 0 bridgehead atoms. The number of hydrogen-bond acceptors (Lipinski definition) is 4. The molecule has 25 heavy (non-hydrogen) atoms. The molecule has 1 aliphatic rings. The summed E-state index contributed by atoms with van der Waals surface area (Å²) in [4.78, 5) is 25.0. The number of carbonyl (C=O) groups excluding carboxylic acids is 2. The normalized spacial score (nSPS) is 20.4. The molecule has 1 aromatic carbocycles. The van der Waals surface area contributed by atoms with Crippen LogP contribution in [0.1, 0.15) is 18.9 Å². The van der Waals surface area contributed by atoms with E-state index in [0.717, 1.165) is 0 Å². The lowest BCUT2D eigenvalue weighted by Gasteiger charge is -2.22. The summed E-state index contributed by atoms with van der Waals surface area (Å²) in [5.74, 6) is -0.596. The van der Waals surface area contributed by atoms with Crippen molar-refractivity contribution in [2.75, 3.05) is 13.2 Å². The average Bonchev–Trinajstić information content (AvgIpc) is 2.93. The summed E-state index contributed by atoms with van der Waals surface area (Å²) in [5, 5.41) is 12.3. The quantitative estimate of drug-likeness (QED) is 0.828. The first-order chi connectivity index (χ1) is 11.7. The summed E-state index contributed by atoms with van der Waals surface area (Å²) < 4.78 is 40.8. The molecule has 1 saturated heterocycles. The van der Waals surface area contributed by atoms with Crippen LogP contribution in [0, 0.1) is 0 Å². The molecule has 2 atom stereocenters. The Morgan fingerprint density at radius 2 is 1.96 bits per heavy atom. The van der Waals surface area contributed by atoms with E-state index in [9.17, 15) is 27.9 Å².